The van der Waals surface area contributed by atoms with E-state index in [1.165, 1.54) is 5.56 Å². The van der Waals surface area contributed by atoms with Gasteiger partial charge in [-0.15, -0.1) is 0 Å². The zero-order valence-corrected chi connectivity index (χ0v) is 11.5. The number of hydrogen-bond acceptors (Lipinski definition) is 2. The minimum atomic E-state index is 0.107. The molecule has 0 saturated heterocycles. The Kier molecular flexibility index (Phi) is 5.01. The van der Waals surface area contributed by atoms with E-state index >= 15 is 0 Å². The molecule has 0 aromatic heterocycles. The Morgan fingerprint density at radius 3 is 2.24 bits per heavy atom. The highest BCUT2D eigenvalue weighted by Gasteiger charge is 2.16. The Hall–Kier alpha value is -1.02. The van der Waals surface area contributed by atoms with Crippen LogP contribution in [0.2, 0.25) is 0 Å². The fourth-order valence-electron chi connectivity index (χ4n) is 1.81. The van der Waals surface area contributed by atoms with Crippen LogP contribution in [0.15, 0.2) is 24.3 Å². The summed E-state index contributed by atoms with van der Waals surface area (Å²) in [5.74, 6) is 0.929. The lowest BCUT2D eigenvalue weighted by atomic mass is 9.86. The van der Waals surface area contributed by atoms with Crippen molar-refractivity contribution in [3.63, 3.8) is 0 Å². The van der Waals surface area contributed by atoms with E-state index in [4.69, 9.17) is 10.5 Å². The van der Waals surface area contributed by atoms with Gasteiger partial charge in [-0.1, -0.05) is 39.8 Å². The topological polar surface area (TPSA) is 35.2 Å². The van der Waals surface area contributed by atoms with Crippen LogP contribution in [-0.4, -0.2) is 6.61 Å². The number of ether oxygens (including phenoxy) is 1. The van der Waals surface area contributed by atoms with Gasteiger partial charge in [0.25, 0.3) is 0 Å². The molecule has 17 heavy (non-hydrogen) atoms. The third kappa shape index (κ3) is 5.22. The first kappa shape index (κ1) is 14.0. The van der Waals surface area contributed by atoms with Gasteiger partial charge in [0.1, 0.15) is 5.75 Å². The minimum Gasteiger partial charge on any atom is -0.494 e. The van der Waals surface area contributed by atoms with Crippen LogP contribution in [0.5, 0.6) is 5.75 Å². The first-order chi connectivity index (χ1) is 7.92. The van der Waals surface area contributed by atoms with E-state index in [9.17, 15) is 0 Å². The van der Waals surface area contributed by atoms with E-state index in [-0.39, 0.29) is 11.5 Å². The molecule has 1 aromatic rings. The standard InChI is InChI=1S/C15H25NO/c1-5-10-17-13-8-6-12(7-9-13)14(16)11-15(2,3)4/h6-9,14H,5,10-11,16H2,1-4H3. The summed E-state index contributed by atoms with van der Waals surface area (Å²) in [7, 11) is 0. The van der Waals surface area contributed by atoms with Gasteiger partial charge < -0.3 is 10.5 Å². The van der Waals surface area contributed by atoms with Crippen LogP contribution in [-0.2, 0) is 0 Å². The largest absolute Gasteiger partial charge is 0.494 e. The van der Waals surface area contributed by atoms with Crippen LogP contribution >= 0.6 is 0 Å². The van der Waals surface area contributed by atoms with Crippen molar-refractivity contribution in [3.8, 4) is 5.75 Å². The molecule has 1 unspecified atom stereocenters. The summed E-state index contributed by atoms with van der Waals surface area (Å²) in [5.41, 5.74) is 7.64. The molecule has 0 bridgehead atoms. The Morgan fingerprint density at radius 2 is 1.76 bits per heavy atom. The van der Waals surface area contributed by atoms with Crippen molar-refractivity contribution in [3.05, 3.63) is 29.8 Å². The van der Waals surface area contributed by atoms with Gasteiger partial charge >= 0.3 is 0 Å². The molecule has 0 fully saturated rings. The maximum Gasteiger partial charge on any atom is 0.119 e. The van der Waals surface area contributed by atoms with Gasteiger partial charge in [0.05, 0.1) is 6.61 Å². The Labute approximate surface area is 105 Å². The molecule has 0 amide bonds. The quantitative estimate of drug-likeness (QED) is 0.839. The number of benzene rings is 1. The highest BCUT2D eigenvalue weighted by molar-refractivity contribution is 5.29. The molecule has 0 heterocycles. The van der Waals surface area contributed by atoms with Gasteiger partial charge in [-0.25, -0.2) is 0 Å². The predicted molar refractivity (Wildman–Crippen MR) is 73.2 cm³/mol. The second kappa shape index (κ2) is 6.06. The van der Waals surface area contributed by atoms with Crippen LogP contribution in [0.1, 0.15) is 52.1 Å². The van der Waals surface area contributed by atoms with Crippen molar-refractivity contribution in [2.75, 3.05) is 6.61 Å². The zero-order valence-electron chi connectivity index (χ0n) is 11.5. The van der Waals surface area contributed by atoms with Crippen LogP contribution in [0.3, 0.4) is 0 Å². The summed E-state index contributed by atoms with van der Waals surface area (Å²) in [4.78, 5) is 0. The summed E-state index contributed by atoms with van der Waals surface area (Å²) in [5, 5.41) is 0. The van der Waals surface area contributed by atoms with E-state index in [1.807, 2.05) is 12.1 Å². The maximum absolute atomic E-state index is 6.19. The zero-order chi connectivity index (χ0) is 12.9. The summed E-state index contributed by atoms with van der Waals surface area (Å²) in [6.07, 6.45) is 2.02. The van der Waals surface area contributed by atoms with Gasteiger partial charge in [-0.3, -0.25) is 0 Å². The van der Waals surface area contributed by atoms with Crippen molar-refractivity contribution in [1.29, 1.82) is 0 Å². The molecular formula is C15H25NO. The lowest BCUT2D eigenvalue weighted by Gasteiger charge is -2.23. The normalized spacial score (nSPS) is 13.5. The Bertz CT molecular complexity index is 324. The molecule has 0 aliphatic heterocycles. The maximum atomic E-state index is 6.19. The SMILES string of the molecule is CCCOc1ccc(C(N)CC(C)(C)C)cc1. The van der Waals surface area contributed by atoms with Crippen LogP contribution in [0.25, 0.3) is 0 Å². The van der Waals surface area contributed by atoms with Crippen molar-refractivity contribution < 1.29 is 4.74 Å². The molecule has 1 atom stereocenters. The average molecular weight is 235 g/mol. The monoisotopic (exact) mass is 235 g/mol. The Morgan fingerprint density at radius 1 is 1.18 bits per heavy atom. The first-order valence-corrected chi connectivity index (χ1v) is 6.41. The number of rotatable bonds is 5. The lowest BCUT2D eigenvalue weighted by molar-refractivity contribution is 0.317. The lowest BCUT2D eigenvalue weighted by Crippen LogP contribution is -2.18. The second-order valence-electron chi connectivity index (χ2n) is 5.79. The third-order valence-corrected chi connectivity index (χ3v) is 2.61. The van der Waals surface area contributed by atoms with E-state index in [0.29, 0.717) is 0 Å². The van der Waals surface area contributed by atoms with E-state index in [0.717, 1.165) is 25.2 Å². The molecule has 1 rings (SSSR count). The highest BCUT2D eigenvalue weighted by Crippen LogP contribution is 2.28. The fourth-order valence-corrected chi connectivity index (χ4v) is 1.81. The molecular weight excluding hydrogens is 210 g/mol. The van der Waals surface area contributed by atoms with E-state index in [1.54, 1.807) is 0 Å². The van der Waals surface area contributed by atoms with Gasteiger partial charge in [-0.05, 0) is 36.0 Å². The molecule has 2 heteroatoms. The molecule has 0 spiro atoms. The summed E-state index contributed by atoms with van der Waals surface area (Å²) in [6.45, 7) is 9.52. The summed E-state index contributed by atoms with van der Waals surface area (Å²) >= 11 is 0. The van der Waals surface area contributed by atoms with Gasteiger partial charge in [-0.2, -0.15) is 0 Å². The van der Waals surface area contributed by atoms with Gasteiger partial charge in [0.2, 0.25) is 0 Å². The van der Waals surface area contributed by atoms with Crippen molar-refractivity contribution in [1.82, 2.24) is 0 Å². The molecule has 0 saturated carbocycles. The first-order valence-electron chi connectivity index (χ1n) is 6.41. The second-order valence-corrected chi connectivity index (χ2v) is 5.79. The molecule has 0 aliphatic rings. The molecule has 1 aromatic carbocycles. The van der Waals surface area contributed by atoms with Crippen molar-refractivity contribution in [2.24, 2.45) is 11.1 Å². The third-order valence-electron chi connectivity index (χ3n) is 2.61. The van der Waals surface area contributed by atoms with Crippen molar-refractivity contribution in [2.45, 2.75) is 46.6 Å². The molecule has 0 radical (unpaired) electrons. The molecule has 0 aliphatic carbocycles. The van der Waals surface area contributed by atoms with Gasteiger partial charge in [0, 0.05) is 6.04 Å². The Balaban J connectivity index is 2.60. The number of nitrogens with two attached hydrogens (primary N) is 1. The molecule has 2 nitrogen and oxygen atoms in total. The predicted octanol–water partition coefficient (Wildman–Crippen LogP) is 3.91. The fraction of sp³-hybridized carbons (Fsp3) is 0.600. The van der Waals surface area contributed by atoms with Crippen molar-refractivity contribution >= 4 is 0 Å². The van der Waals surface area contributed by atoms with Crippen LogP contribution < -0.4 is 10.5 Å². The summed E-state index contributed by atoms with van der Waals surface area (Å²) in [6, 6.07) is 8.26. The highest BCUT2D eigenvalue weighted by atomic mass is 16.5. The average Bonchev–Trinajstić information content (AvgIpc) is 2.24. The molecule has 96 valence electrons. The van der Waals surface area contributed by atoms with E-state index < -0.39 is 0 Å². The number of hydrogen-bond donors (Lipinski definition) is 1. The van der Waals surface area contributed by atoms with Gasteiger partial charge in [0.15, 0.2) is 0 Å². The van der Waals surface area contributed by atoms with Crippen LogP contribution in [0, 0.1) is 5.41 Å². The smallest absolute Gasteiger partial charge is 0.119 e. The molecule has 2 N–H and O–H groups in total. The summed E-state index contributed by atoms with van der Waals surface area (Å²) < 4.78 is 5.55. The minimum absolute atomic E-state index is 0.107. The van der Waals surface area contributed by atoms with E-state index in [2.05, 4.69) is 39.8 Å². The van der Waals surface area contributed by atoms with Crippen LogP contribution in [0.4, 0.5) is 0 Å².